The van der Waals surface area contributed by atoms with Crippen LogP contribution in [0.4, 0.5) is 0 Å². The van der Waals surface area contributed by atoms with Gasteiger partial charge in [0.05, 0.1) is 16.9 Å². The van der Waals surface area contributed by atoms with E-state index < -0.39 is 0 Å². The number of amides is 1. The van der Waals surface area contributed by atoms with E-state index >= 15 is 0 Å². The quantitative estimate of drug-likeness (QED) is 0.547. The van der Waals surface area contributed by atoms with Crippen LogP contribution in [-0.4, -0.2) is 32.1 Å². The Balaban J connectivity index is 1.50. The standard InChI is InChI=1S/C22H19ClN4O/c1-14-20(21(23)27(25-14)15-7-3-2-4-8-15)22(28)26-12-11-19-17(13-26)16-9-5-6-10-18(16)24-19/h2-10,24H,11-13H2,1H3. The fraction of sp³-hybridized carbons (Fsp3) is 0.182. The summed E-state index contributed by atoms with van der Waals surface area (Å²) >= 11 is 6.60. The normalized spacial score (nSPS) is 13.7. The van der Waals surface area contributed by atoms with Crippen LogP contribution in [0.3, 0.4) is 0 Å². The zero-order valence-electron chi connectivity index (χ0n) is 15.4. The van der Waals surface area contributed by atoms with Crippen molar-refractivity contribution in [2.45, 2.75) is 19.9 Å². The van der Waals surface area contributed by atoms with Crippen molar-refractivity contribution in [2.24, 2.45) is 0 Å². The first-order chi connectivity index (χ1) is 13.6. The minimum absolute atomic E-state index is 0.0689. The third-order valence-electron chi connectivity index (χ3n) is 5.39. The highest BCUT2D eigenvalue weighted by molar-refractivity contribution is 6.33. The number of para-hydroxylation sites is 2. The minimum atomic E-state index is -0.0689. The number of hydrogen-bond donors (Lipinski definition) is 1. The Bertz CT molecular complexity index is 1190. The van der Waals surface area contributed by atoms with Gasteiger partial charge in [0.1, 0.15) is 5.15 Å². The molecule has 2 aromatic heterocycles. The van der Waals surface area contributed by atoms with E-state index in [-0.39, 0.29) is 5.91 Å². The summed E-state index contributed by atoms with van der Waals surface area (Å²) in [5.74, 6) is -0.0689. The average Bonchev–Trinajstić information content (AvgIpc) is 3.24. The number of aromatic nitrogens is 3. The van der Waals surface area contributed by atoms with Gasteiger partial charge in [-0.05, 0) is 25.1 Å². The molecule has 1 N–H and O–H groups in total. The SMILES string of the molecule is Cc1nn(-c2ccccc2)c(Cl)c1C(=O)N1CCc2[nH]c3ccccc3c2C1. The van der Waals surface area contributed by atoms with E-state index in [0.717, 1.165) is 17.6 Å². The van der Waals surface area contributed by atoms with Crippen molar-refractivity contribution >= 4 is 28.4 Å². The molecule has 28 heavy (non-hydrogen) atoms. The van der Waals surface area contributed by atoms with E-state index in [4.69, 9.17) is 11.6 Å². The summed E-state index contributed by atoms with van der Waals surface area (Å²) in [6.45, 7) is 3.06. The number of nitrogens with zero attached hydrogens (tertiary/aromatic N) is 3. The fourth-order valence-electron chi connectivity index (χ4n) is 3.98. The van der Waals surface area contributed by atoms with Gasteiger partial charge in [0.25, 0.3) is 5.91 Å². The molecule has 6 heteroatoms. The van der Waals surface area contributed by atoms with Gasteiger partial charge in [-0.25, -0.2) is 4.68 Å². The Labute approximate surface area is 167 Å². The van der Waals surface area contributed by atoms with Crippen LogP contribution in [0, 0.1) is 6.92 Å². The average molecular weight is 391 g/mol. The molecule has 0 atom stereocenters. The molecule has 4 aromatic rings. The first-order valence-electron chi connectivity index (χ1n) is 9.32. The van der Waals surface area contributed by atoms with Crippen molar-refractivity contribution < 1.29 is 4.79 Å². The first kappa shape index (κ1) is 17.1. The highest BCUT2D eigenvalue weighted by Crippen LogP contribution is 2.30. The summed E-state index contributed by atoms with van der Waals surface area (Å²) in [5.41, 5.74) is 5.49. The van der Waals surface area contributed by atoms with Crippen molar-refractivity contribution in [3.8, 4) is 5.69 Å². The molecule has 0 saturated heterocycles. The van der Waals surface area contributed by atoms with Crippen molar-refractivity contribution in [3.05, 3.63) is 82.3 Å². The van der Waals surface area contributed by atoms with E-state index in [1.165, 1.54) is 16.6 Å². The van der Waals surface area contributed by atoms with Gasteiger partial charge in [-0.1, -0.05) is 48.0 Å². The molecule has 5 nitrogen and oxygen atoms in total. The Morgan fingerprint density at radius 2 is 1.86 bits per heavy atom. The second-order valence-electron chi connectivity index (χ2n) is 7.10. The Hall–Kier alpha value is -3.05. The number of halogens is 1. The first-order valence-corrected chi connectivity index (χ1v) is 9.69. The molecule has 0 bridgehead atoms. The molecular formula is C22H19ClN4O. The van der Waals surface area contributed by atoms with Crippen LogP contribution in [-0.2, 0) is 13.0 Å². The lowest BCUT2D eigenvalue weighted by Gasteiger charge is -2.27. The summed E-state index contributed by atoms with van der Waals surface area (Å²) in [6.07, 6.45) is 0.805. The summed E-state index contributed by atoms with van der Waals surface area (Å²) in [4.78, 5) is 18.7. The minimum Gasteiger partial charge on any atom is -0.358 e. The number of aromatic amines is 1. The molecule has 0 spiro atoms. The molecule has 1 aliphatic heterocycles. The molecular weight excluding hydrogens is 372 g/mol. The second-order valence-corrected chi connectivity index (χ2v) is 7.46. The van der Waals surface area contributed by atoms with E-state index in [2.05, 4.69) is 22.2 Å². The van der Waals surface area contributed by atoms with Gasteiger partial charge in [0.15, 0.2) is 0 Å². The Morgan fingerprint density at radius 3 is 2.68 bits per heavy atom. The number of carbonyl (C=O) groups excluding carboxylic acids is 1. The summed E-state index contributed by atoms with van der Waals surface area (Å²) in [5, 5.41) is 6.05. The number of fused-ring (bicyclic) bond motifs is 3. The maximum Gasteiger partial charge on any atom is 0.259 e. The highest BCUT2D eigenvalue weighted by atomic mass is 35.5. The molecule has 0 radical (unpaired) electrons. The van der Waals surface area contributed by atoms with E-state index in [0.29, 0.717) is 29.5 Å². The highest BCUT2D eigenvalue weighted by Gasteiger charge is 2.29. The molecule has 3 heterocycles. The van der Waals surface area contributed by atoms with Crippen LogP contribution in [0.5, 0.6) is 0 Å². The predicted octanol–water partition coefficient (Wildman–Crippen LogP) is 4.51. The number of hydrogen-bond acceptors (Lipinski definition) is 2. The monoisotopic (exact) mass is 390 g/mol. The molecule has 1 amide bonds. The lowest BCUT2D eigenvalue weighted by molar-refractivity contribution is 0.0734. The van der Waals surface area contributed by atoms with E-state index in [1.807, 2.05) is 54.3 Å². The van der Waals surface area contributed by atoms with Gasteiger partial charge in [-0.15, -0.1) is 0 Å². The van der Waals surface area contributed by atoms with Crippen molar-refractivity contribution in [2.75, 3.05) is 6.54 Å². The third-order valence-corrected chi connectivity index (χ3v) is 5.74. The van der Waals surface area contributed by atoms with Crippen molar-refractivity contribution in [1.29, 1.82) is 0 Å². The Morgan fingerprint density at radius 1 is 1.11 bits per heavy atom. The number of benzene rings is 2. The molecule has 0 fully saturated rings. The van der Waals surface area contributed by atoms with Crippen LogP contribution in [0.25, 0.3) is 16.6 Å². The van der Waals surface area contributed by atoms with Crippen LogP contribution < -0.4 is 0 Å². The smallest absolute Gasteiger partial charge is 0.259 e. The number of rotatable bonds is 2. The van der Waals surface area contributed by atoms with Gasteiger partial charge < -0.3 is 9.88 Å². The number of carbonyl (C=O) groups is 1. The van der Waals surface area contributed by atoms with Crippen LogP contribution in [0.2, 0.25) is 5.15 Å². The third kappa shape index (κ3) is 2.62. The number of H-pyrrole nitrogens is 1. The molecule has 2 aromatic carbocycles. The summed E-state index contributed by atoms with van der Waals surface area (Å²) in [6, 6.07) is 17.9. The zero-order chi connectivity index (χ0) is 19.3. The van der Waals surface area contributed by atoms with Crippen molar-refractivity contribution in [3.63, 3.8) is 0 Å². The predicted molar refractivity (Wildman–Crippen MR) is 110 cm³/mol. The molecule has 0 aliphatic carbocycles. The van der Waals surface area contributed by atoms with Gasteiger partial charge in [0, 0.05) is 41.7 Å². The lowest BCUT2D eigenvalue weighted by Crippen LogP contribution is -2.36. The fourth-order valence-corrected chi connectivity index (χ4v) is 4.33. The summed E-state index contributed by atoms with van der Waals surface area (Å²) in [7, 11) is 0. The van der Waals surface area contributed by atoms with Crippen LogP contribution in [0.15, 0.2) is 54.6 Å². The molecule has 1 aliphatic rings. The van der Waals surface area contributed by atoms with Gasteiger partial charge in [-0.2, -0.15) is 5.10 Å². The van der Waals surface area contributed by atoms with E-state index in [1.54, 1.807) is 4.68 Å². The Kier molecular flexibility index (Phi) is 3.98. The molecule has 0 saturated carbocycles. The van der Waals surface area contributed by atoms with Crippen molar-refractivity contribution in [1.82, 2.24) is 19.7 Å². The topological polar surface area (TPSA) is 53.9 Å². The molecule has 140 valence electrons. The molecule has 0 unspecified atom stereocenters. The summed E-state index contributed by atoms with van der Waals surface area (Å²) < 4.78 is 1.63. The maximum absolute atomic E-state index is 13.3. The molecule has 5 rings (SSSR count). The number of aryl methyl sites for hydroxylation is 1. The lowest BCUT2D eigenvalue weighted by atomic mass is 10.0. The largest absolute Gasteiger partial charge is 0.358 e. The van der Waals surface area contributed by atoms with E-state index in [9.17, 15) is 4.79 Å². The second kappa shape index (κ2) is 6.53. The maximum atomic E-state index is 13.3. The van der Waals surface area contributed by atoms with Gasteiger partial charge >= 0.3 is 0 Å². The van der Waals surface area contributed by atoms with Gasteiger partial charge in [0.2, 0.25) is 0 Å². The number of nitrogens with one attached hydrogen (secondary N) is 1. The zero-order valence-corrected chi connectivity index (χ0v) is 16.2. The van der Waals surface area contributed by atoms with Gasteiger partial charge in [-0.3, -0.25) is 4.79 Å². The van der Waals surface area contributed by atoms with Crippen LogP contribution >= 0.6 is 11.6 Å². The van der Waals surface area contributed by atoms with Crippen LogP contribution in [0.1, 0.15) is 27.3 Å².